The molecule has 0 unspecified atom stereocenters. The van der Waals surface area contributed by atoms with Crippen LogP contribution in [0.3, 0.4) is 0 Å². The molecule has 0 aliphatic heterocycles. The summed E-state index contributed by atoms with van der Waals surface area (Å²) in [4.78, 5) is 11.8. The number of amides is 1. The number of nitrogens with zero attached hydrogens (tertiary/aromatic N) is 2. The maximum atomic E-state index is 11.8. The Hall–Kier alpha value is -1.69. The van der Waals surface area contributed by atoms with Crippen molar-refractivity contribution in [1.82, 2.24) is 15.5 Å². The third-order valence-corrected chi connectivity index (χ3v) is 3.87. The average Bonchev–Trinajstić information content (AvgIpc) is 3.07. The molecule has 20 heavy (non-hydrogen) atoms. The summed E-state index contributed by atoms with van der Waals surface area (Å²) in [6, 6.07) is 2.10. The van der Waals surface area contributed by atoms with Crippen molar-refractivity contribution < 1.29 is 9.21 Å². The Kier molecular flexibility index (Phi) is 4.89. The molecule has 0 bridgehead atoms. The zero-order chi connectivity index (χ0) is 14.5. The van der Waals surface area contributed by atoms with Crippen LogP contribution in [-0.4, -0.2) is 22.1 Å². The summed E-state index contributed by atoms with van der Waals surface area (Å²) in [5.41, 5.74) is 0.923. The van der Waals surface area contributed by atoms with Gasteiger partial charge in [-0.25, -0.2) is 0 Å². The molecule has 2 aromatic rings. The number of hydrogen-bond acceptors (Lipinski definition) is 5. The maximum Gasteiger partial charge on any atom is 0.248 e. The van der Waals surface area contributed by atoms with E-state index in [-0.39, 0.29) is 11.9 Å². The summed E-state index contributed by atoms with van der Waals surface area (Å²) >= 11 is 1.58. The summed E-state index contributed by atoms with van der Waals surface area (Å²) in [5.74, 6) is 1.45. The van der Waals surface area contributed by atoms with Crippen LogP contribution < -0.4 is 5.32 Å². The molecule has 0 aromatic carbocycles. The van der Waals surface area contributed by atoms with Crippen LogP contribution in [0.1, 0.15) is 33.1 Å². The topological polar surface area (TPSA) is 68.0 Å². The van der Waals surface area contributed by atoms with Crippen molar-refractivity contribution in [1.29, 1.82) is 0 Å². The van der Waals surface area contributed by atoms with E-state index >= 15 is 0 Å². The molecule has 1 N–H and O–H groups in total. The Balaban J connectivity index is 1.84. The minimum absolute atomic E-state index is 0.0153. The van der Waals surface area contributed by atoms with E-state index in [0.717, 1.165) is 5.56 Å². The van der Waals surface area contributed by atoms with Crippen LogP contribution in [0.25, 0.3) is 11.5 Å². The van der Waals surface area contributed by atoms with Crippen LogP contribution >= 0.6 is 11.3 Å². The quantitative estimate of drug-likeness (QED) is 0.889. The summed E-state index contributed by atoms with van der Waals surface area (Å²) in [6.45, 7) is 6.16. The van der Waals surface area contributed by atoms with Gasteiger partial charge < -0.3 is 9.73 Å². The highest BCUT2D eigenvalue weighted by molar-refractivity contribution is 7.08. The van der Waals surface area contributed by atoms with Gasteiger partial charge in [-0.05, 0) is 24.3 Å². The summed E-state index contributed by atoms with van der Waals surface area (Å²) < 4.78 is 5.54. The fourth-order valence-corrected chi connectivity index (χ4v) is 2.20. The molecule has 0 aliphatic rings. The lowest BCUT2D eigenvalue weighted by Gasteiger charge is -2.16. The van der Waals surface area contributed by atoms with Gasteiger partial charge in [0, 0.05) is 29.8 Å². The predicted molar refractivity (Wildman–Crippen MR) is 78.4 cm³/mol. The standard InChI is InChI=1S/C14H19N3O2S/c1-9(2)10(3)15-12(18)4-5-13-16-17-14(19-13)11-6-7-20-8-11/h6-10H,4-5H2,1-3H3,(H,15,18)/t10-/m1/s1. The first-order valence-electron chi connectivity index (χ1n) is 6.70. The van der Waals surface area contributed by atoms with E-state index in [0.29, 0.717) is 30.5 Å². The lowest BCUT2D eigenvalue weighted by molar-refractivity contribution is -0.122. The number of thiophene rings is 1. The summed E-state index contributed by atoms with van der Waals surface area (Å²) in [5, 5.41) is 14.8. The van der Waals surface area contributed by atoms with Crippen LogP contribution in [0.4, 0.5) is 0 Å². The van der Waals surface area contributed by atoms with E-state index in [4.69, 9.17) is 4.42 Å². The number of aromatic nitrogens is 2. The molecule has 0 radical (unpaired) electrons. The van der Waals surface area contributed by atoms with Crippen molar-refractivity contribution in [3.8, 4) is 11.5 Å². The van der Waals surface area contributed by atoms with E-state index < -0.39 is 0 Å². The fourth-order valence-electron chi connectivity index (χ4n) is 1.57. The van der Waals surface area contributed by atoms with E-state index in [1.165, 1.54) is 0 Å². The Morgan fingerprint density at radius 2 is 2.20 bits per heavy atom. The van der Waals surface area contributed by atoms with Crippen LogP contribution in [0.15, 0.2) is 21.2 Å². The molecule has 0 spiro atoms. The van der Waals surface area contributed by atoms with Crippen molar-refractivity contribution in [2.45, 2.75) is 39.7 Å². The highest BCUT2D eigenvalue weighted by Crippen LogP contribution is 2.20. The molecule has 6 heteroatoms. The maximum absolute atomic E-state index is 11.8. The van der Waals surface area contributed by atoms with E-state index in [1.807, 2.05) is 23.8 Å². The lowest BCUT2D eigenvalue weighted by Crippen LogP contribution is -2.36. The SMILES string of the molecule is CC(C)[C@@H](C)NC(=O)CCc1nnc(-c2ccsc2)o1. The highest BCUT2D eigenvalue weighted by Gasteiger charge is 2.13. The van der Waals surface area contributed by atoms with Crippen LogP contribution in [0.2, 0.25) is 0 Å². The van der Waals surface area contributed by atoms with Gasteiger partial charge in [0.2, 0.25) is 17.7 Å². The first-order valence-corrected chi connectivity index (χ1v) is 7.65. The molecule has 108 valence electrons. The predicted octanol–water partition coefficient (Wildman–Crippen LogP) is 2.89. The molecule has 0 fully saturated rings. The number of hydrogen-bond donors (Lipinski definition) is 1. The zero-order valence-corrected chi connectivity index (χ0v) is 12.7. The number of aryl methyl sites for hydroxylation is 1. The minimum atomic E-state index is 0.0153. The second-order valence-corrected chi connectivity index (χ2v) is 5.89. The van der Waals surface area contributed by atoms with E-state index in [2.05, 4.69) is 29.4 Å². The van der Waals surface area contributed by atoms with Crippen LogP contribution in [0.5, 0.6) is 0 Å². The number of rotatable bonds is 6. The summed E-state index contributed by atoms with van der Waals surface area (Å²) in [6.07, 6.45) is 0.829. The normalized spacial score (nSPS) is 12.6. The summed E-state index contributed by atoms with van der Waals surface area (Å²) in [7, 11) is 0. The van der Waals surface area contributed by atoms with Gasteiger partial charge in [-0.2, -0.15) is 11.3 Å². The Morgan fingerprint density at radius 1 is 1.40 bits per heavy atom. The molecular weight excluding hydrogens is 274 g/mol. The molecule has 2 aromatic heterocycles. The second-order valence-electron chi connectivity index (χ2n) is 5.11. The Bertz CT molecular complexity index is 549. The second kappa shape index (κ2) is 6.65. The van der Waals surface area contributed by atoms with Crippen molar-refractivity contribution in [3.05, 3.63) is 22.7 Å². The molecular formula is C14H19N3O2S. The van der Waals surface area contributed by atoms with Gasteiger partial charge in [-0.1, -0.05) is 13.8 Å². The number of carbonyl (C=O) groups excluding carboxylic acids is 1. The molecule has 2 rings (SSSR count). The average molecular weight is 293 g/mol. The van der Waals surface area contributed by atoms with E-state index in [1.54, 1.807) is 11.3 Å². The van der Waals surface area contributed by atoms with Gasteiger partial charge in [0.1, 0.15) is 0 Å². The smallest absolute Gasteiger partial charge is 0.248 e. The van der Waals surface area contributed by atoms with Crippen molar-refractivity contribution in [2.75, 3.05) is 0 Å². The van der Waals surface area contributed by atoms with Gasteiger partial charge in [0.15, 0.2) is 0 Å². The van der Waals surface area contributed by atoms with Gasteiger partial charge >= 0.3 is 0 Å². The van der Waals surface area contributed by atoms with Gasteiger partial charge in [-0.15, -0.1) is 10.2 Å². The molecule has 1 atom stereocenters. The molecule has 5 nitrogen and oxygen atoms in total. The van der Waals surface area contributed by atoms with Crippen molar-refractivity contribution in [3.63, 3.8) is 0 Å². The Labute approximate surface area is 122 Å². The van der Waals surface area contributed by atoms with Crippen LogP contribution in [-0.2, 0) is 11.2 Å². The largest absolute Gasteiger partial charge is 0.421 e. The number of carbonyl (C=O) groups is 1. The number of nitrogens with one attached hydrogen (secondary N) is 1. The lowest BCUT2D eigenvalue weighted by atomic mass is 10.1. The minimum Gasteiger partial charge on any atom is -0.421 e. The monoisotopic (exact) mass is 293 g/mol. The van der Waals surface area contributed by atoms with Gasteiger partial charge in [-0.3, -0.25) is 4.79 Å². The molecule has 1 amide bonds. The highest BCUT2D eigenvalue weighted by atomic mass is 32.1. The van der Waals surface area contributed by atoms with Gasteiger partial charge in [0.05, 0.1) is 0 Å². The molecule has 0 saturated carbocycles. The Morgan fingerprint density at radius 3 is 2.85 bits per heavy atom. The zero-order valence-electron chi connectivity index (χ0n) is 11.9. The van der Waals surface area contributed by atoms with Crippen molar-refractivity contribution >= 4 is 17.2 Å². The molecule has 0 aliphatic carbocycles. The van der Waals surface area contributed by atoms with Crippen LogP contribution in [0, 0.1) is 5.92 Å². The molecule has 2 heterocycles. The van der Waals surface area contributed by atoms with E-state index in [9.17, 15) is 4.79 Å². The third-order valence-electron chi connectivity index (χ3n) is 3.19. The van der Waals surface area contributed by atoms with Crippen molar-refractivity contribution in [2.24, 2.45) is 5.92 Å². The first-order chi connectivity index (χ1) is 9.56. The van der Waals surface area contributed by atoms with Gasteiger partial charge in [0.25, 0.3) is 0 Å². The fraction of sp³-hybridized carbons (Fsp3) is 0.500. The third kappa shape index (κ3) is 3.90. The molecule has 0 saturated heterocycles. The first kappa shape index (κ1) is 14.7.